The topological polar surface area (TPSA) is 92.8 Å². The Bertz CT molecular complexity index is 168. The number of nitrogens with two attached hydrogens (primary N) is 1. The van der Waals surface area contributed by atoms with Crippen molar-refractivity contribution in [1.82, 2.24) is 0 Å². The van der Waals surface area contributed by atoms with Gasteiger partial charge in [-0.2, -0.15) is 0 Å². The maximum absolute atomic E-state index is 10.5. The number of rotatable bonds is 3. The van der Waals surface area contributed by atoms with E-state index >= 15 is 0 Å². The molecule has 0 aromatic heterocycles. The lowest BCUT2D eigenvalue weighted by Crippen LogP contribution is -2.37. The third kappa shape index (κ3) is 2.57. The van der Waals surface area contributed by atoms with Crippen LogP contribution in [0.3, 0.4) is 0 Å². The second kappa shape index (κ2) is 3.95. The molecule has 0 aliphatic heterocycles. The molecular formula is C6H11NO4. The van der Waals surface area contributed by atoms with Crippen molar-refractivity contribution in [3.05, 3.63) is 12.3 Å². The van der Waals surface area contributed by atoms with Gasteiger partial charge in [-0.1, -0.05) is 6.58 Å². The summed E-state index contributed by atoms with van der Waals surface area (Å²) in [6.45, 7) is 3.15. The summed E-state index contributed by atoms with van der Waals surface area (Å²) < 4.78 is 4.14. The van der Waals surface area contributed by atoms with Crippen molar-refractivity contribution in [2.45, 2.75) is 12.2 Å². The van der Waals surface area contributed by atoms with Crippen LogP contribution in [0.15, 0.2) is 12.3 Å². The quantitative estimate of drug-likeness (QED) is 0.431. The van der Waals surface area contributed by atoms with E-state index in [1.54, 1.807) is 0 Å². The molecule has 11 heavy (non-hydrogen) atoms. The summed E-state index contributed by atoms with van der Waals surface area (Å²) >= 11 is 0. The lowest BCUT2D eigenvalue weighted by atomic mass is 10.1. The second-order valence-electron chi connectivity index (χ2n) is 1.99. The van der Waals surface area contributed by atoms with Gasteiger partial charge in [-0.3, -0.25) is 0 Å². The zero-order valence-electron chi connectivity index (χ0n) is 6.15. The Labute approximate surface area is 64.1 Å². The van der Waals surface area contributed by atoms with E-state index in [0.29, 0.717) is 0 Å². The van der Waals surface area contributed by atoms with Gasteiger partial charge in [-0.05, 0) is 0 Å². The average Bonchev–Trinajstić information content (AvgIpc) is 2.00. The van der Waals surface area contributed by atoms with E-state index in [1.807, 2.05) is 0 Å². The summed E-state index contributed by atoms with van der Waals surface area (Å²) in [7, 11) is 1.09. The molecule has 0 aliphatic rings. The SMILES string of the molecule is C=C(N)[C@H](O)[C@@H](O)C(=O)OC. The van der Waals surface area contributed by atoms with Crippen molar-refractivity contribution < 1.29 is 19.7 Å². The number of ether oxygens (including phenoxy) is 1. The minimum absolute atomic E-state index is 0.178. The molecule has 5 nitrogen and oxygen atoms in total. The molecule has 5 heteroatoms. The summed E-state index contributed by atoms with van der Waals surface area (Å²) in [5.74, 6) is -0.941. The lowest BCUT2D eigenvalue weighted by molar-refractivity contribution is -0.155. The summed E-state index contributed by atoms with van der Waals surface area (Å²) in [5.41, 5.74) is 4.84. The highest BCUT2D eigenvalue weighted by atomic mass is 16.5. The highest BCUT2D eigenvalue weighted by Gasteiger charge is 2.25. The Morgan fingerprint density at radius 3 is 2.27 bits per heavy atom. The van der Waals surface area contributed by atoms with Gasteiger partial charge in [0.05, 0.1) is 7.11 Å². The van der Waals surface area contributed by atoms with Crippen LogP contribution in [0.25, 0.3) is 0 Å². The Hall–Kier alpha value is -1.07. The molecule has 0 radical (unpaired) electrons. The molecule has 0 saturated carbocycles. The van der Waals surface area contributed by atoms with E-state index in [4.69, 9.17) is 15.9 Å². The third-order valence-electron chi connectivity index (χ3n) is 1.12. The first-order chi connectivity index (χ1) is 5.00. The average molecular weight is 161 g/mol. The molecule has 0 unspecified atom stereocenters. The van der Waals surface area contributed by atoms with Gasteiger partial charge in [-0.25, -0.2) is 4.79 Å². The van der Waals surface area contributed by atoms with E-state index in [2.05, 4.69) is 11.3 Å². The Morgan fingerprint density at radius 1 is 1.55 bits per heavy atom. The van der Waals surface area contributed by atoms with Crippen LogP contribution in [-0.4, -0.2) is 35.5 Å². The molecule has 0 bridgehead atoms. The van der Waals surface area contributed by atoms with Gasteiger partial charge in [0.25, 0.3) is 0 Å². The van der Waals surface area contributed by atoms with Crippen LogP contribution in [0.4, 0.5) is 0 Å². The third-order valence-corrected chi connectivity index (χ3v) is 1.12. The first-order valence-electron chi connectivity index (χ1n) is 2.89. The number of hydrogen-bond donors (Lipinski definition) is 3. The molecule has 0 spiro atoms. The van der Waals surface area contributed by atoms with Gasteiger partial charge in [-0.15, -0.1) is 0 Å². The summed E-state index contributed by atoms with van der Waals surface area (Å²) in [5, 5.41) is 17.8. The molecule has 64 valence electrons. The highest BCUT2D eigenvalue weighted by Crippen LogP contribution is 2.00. The Kier molecular flexibility index (Phi) is 3.56. The molecule has 4 N–H and O–H groups in total. The van der Waals surface area contributed by atoms with Crippen molar-refractivity contribution in [3.8, 4) is 0 Å². The fraction of sp³-hybridized carbons (Fsp3) is 0.500. The van der Waals surface area contributed by atoms with E-state index < -0.39 is 18.2 Å². The first-order valence-corrected chi connectivity index (χ1v) is 2.89. The highest BCUT2D eigenvalue weighted by molar-refractivity contribution is 5.75. The van der Waals surface area contributed by atoms with E-state index in [1.165, 1.54) is 0 Å². The normalized spacial score (nSPS) is 15.2. The zero-order chi connectivity index (χ0) is 9.02. The van der Waals surface area contributed by atoms with Gasteiger partial charge in [0.2, 0.25) is 0 Å². The smallest absolute Gasteiger partial charge is 0.337 e. The molecule has 0 aromatic rings. The summed E-state index contributed by atoms with van der Waals surface area (Å²) in [6, 6.07) is 0. The largest absolute Gasteiger partial charge is 0.467 e. The molecule has 0 rings (SSSR count). The minimum Gasteiger partial charge on any atom is -0.467 e. The van der Waals surface area contributed by atoms with Crippen molar-refractivity contribution in [2.24, 2.45) is 5.73 Å². The zero-order valence-corrected chi connectivity index (χ0v) is 6.15. The van der Waals surface area contributed by atoms with Crippen LogP contribution in [-0.2, 0) is 9.53 Å². The van der Waals surface area contributed by atoms with Crippen molar-refractivity contribution in [3.63, 3.8) is 0 Å². The number of carbonyl (C=O) groups excluding carboxylic acids is 1. The molecule has 0 fully saturated rings. The van der Waals surface area contributed by atoms with E-state index in [0.717, 1.165) is 7.11 Å². The van der Waals surface area contributed by atoms with Crippen molar-refractivity contribution in [2.75, 3.05) is 7.11 Å². The molecule has 0 amide bonds. The van der Waals surface area contributed by atoms with Crippen LogP contribution < -0.4 is 5.73 Å². The van der Waals surface area contributed by atoms with Crippen LogP contribution in [0.1, 0.15) is 0 Å². The van der Waals surface area contributed by atoms with Gasteiger partial charge in [0, 0.05) is 5.70 Å². The van der Waals surface area contributed by atoms with Gasteiger partial charge < -0.3 is 20.7 Å². The van der Waals surface area contributed by atoms with Gasteiger partial charge in [0.1, 0.15) is 6.10 Å². The molecule has 0 aliphatic carbocycles. The molecule has 0 saturated heterocycles. The lowest BCUT2D eigenvalue weighted by Gasteiger charge is -2.14. The maximum atomic E-state index is 10.5. The second-order valence-corrected chi connectivity index (χ2v) is 1.99. The number of hydrogen-bond acceptors (Lipinski definition) is 5. The molecule has 2 atom stereocenters. The minimum atomic E-state index is -1.66. The Balaban J connectivity index is 4.12. The van der Waals surface area contributed by atoms with Crippen LogP contribution >= 0.6 is 0 Å². The molecule has 0 aromatic carbocycles. The van der Waals surface area contributed by atoms with Crippen molar-refractivity contribution >= 4 is 5.97 Å². The standard InChI is InChI=1S/C6H11NO4/c1-3(7)4(8)5(9)6(10)11-2/h4-5,8-9H,1,7H2,2H3/t4-,5+/m0/s1. The van der Waals surface area contributed by atoms with Crippen LogP contribution in [0.5, 0.6) is 0 Å². The van der Waals surface area contributed by atoms with Crippen LogP contribution in [0, 0.1) is 0 Å². The van der Waals surface area contributed by atoms with Gasteiger partial charge in [0.15, 0.2) is 6.10 Å². The summed E-state index contributed by atoms with van der Waals surface area (Å²) in [6.07, 6.45) is -3.13. The van der Waals surface area contributed by atoms with E-state index in [9.17, 15) is 4.79 Å². The molecule has 0 heterocycles. The monoisotopic (exact) mass is 161 g/mol. The van der Waals surface area contributed by atoms with Gasteiger partial charge >= 0.3 is 5.97 Å². The van der Waals surface area contributed by atoms with E-state index in [-0.39, 0.29) is 5.70 Å². The van der Waals surface area contributed by atoms with Crippen molar-refractivity contribution in [1.29, 1.82) is 0 Å². The predicted molar refractivity (Wildman–Crippen MR) is 37.4 cm³/mol. The first kappa shape index (κ1) is 9.93. The fourth-order valence-electron chi connectivity index (χ4n) is 0.452. The van der Waals surface area contributed by atoms with Crippen LogP contribution in [0.2, 0.25) is 0 Å². The number of carbonyl (C=O) groups is 1. The maximum Gasteiger partial charge on any atom is 0.337 e. The number of methoxy groups -OCH3 is 1. The molecular weight excluding hydrogens is 150 g/mol. The number of aliphatic hydroxyl groups excluding tert-OH is 2. The Morgan fingerprint density at radius 2 is 2.00 bits per heavy atom. The summed E-state index contributed by atoms with van der Waals surface area (Å²) in [4.78, 5) is 10.5. The number of esters is 1. The number of aliphatic hydroxyl groups is 2. The predicted octanol–water partition coefficient (Wildman–Crippen LogP) is -1.65. The fourth-order valence-corrected chi connectivity index (χ4v) is 0.452.